The summed E-state index contributed by atoms with van der Waals surface area (Å²) in [5.41, 5.74) is 1.01. The third-order valence-electron chi connectivity index (χ3n) is 2.60. The monoisotopic (exact) mass is 272 g/mol. The second-order valence-corrected chi connectivity index (χ2v) is 5.79. The highest BCUT2D eigenvalue weighted by molar-refractivity contribution is 7.89. The summed E-state index contributed by atoms with van der Waals surface area (Å²) in [6, 6.07) is 2.63. The third-order valence-corrected chi connectivity index (χ3v) is 4.09. The maximum absolute atomic E-state index is 12.0. The van der Waals surface area contributed by atoms with E-state index in [0.29, 0.717) is 17.5 Å². The Bertz CT molecular complexity index is 567. The van der Waals surface area contributed by atoms with Crippen LogP contribution in [0.5, 0.6) is 0 Å². The van der Waals surface area contributed by atoms with Crippen molar-refractivity contribution in [3.8, 4) is 0 Å². The van der Waals surface area contributed by atoms with E-state index in [0.717, 1.165) is 0 Å². The largest absolute Gasteiger partial charge is 0.289 e. The molecule has 0 aliphatic carbocycles. The Morgan fingerprint density at radius 3 is 2.33 bits per heavy atom. The van der Waals surface area contributed by atoms with Crippen molar-refractivity contribution >= 4 is 15.7 Å². The Balaban J connectivity index is 3.39. The van der Waals surface area contributed by atoms with E-state index in [9.17, 15) is 18.5 Å². The molecule has 1 aromatic rings. The number of hydrogen-bond acceptors (Lipinski definition) is 4. The van der Waals surface area contributed by atoms with Crippen molar-refractivity contribution in [2.45, 2.75) is 32.1 Å². The highest BCUT2D eigenvalue weighted by atomic mass is 32.2. The number of sulfonamides is 1. The van der Waals surface area contributed by atoms with Gasteiger partial charge in [0.25, 0.3) is 5.69 Å². The van der Waals surface area contributed by atoms with Crippen molar-refractivity contribution in [2.75, 3.05) is 6.54 Å². The fraction of sp³-hybridized carbons (Fsp3) is 0.455. The quantitative estimate of drug-likeness (QED) is 0.654. The molecule has 0 amide bonds. The molecule has 0 saturated heterocycles. The molecule has 0 radical (unpaired) electrons. The van der Waals surface area contributed by atoms with Gasteiger partial charge in [0, 0.05) is 12.6 Å². The third kappa shape index (κ3) is 3.05. The lowest BCUT2D eigenvalue weighted by molar-refractivity contribution is -0.387. The molecular weight excluding hydrogens is 256 g/mol. The zero-order valence-corrected chi connectivity index (χ0v) is 11.4. The van der Waals surface area contributed by atoms with Crippen LogP contribution in [0.2, 0.25) is 0 Å². The summed E-state index contributed by atoms with van der Waals surface area (Å²) in [7, 11) is -3.83. The van der Waals surface area contributed by atoms with Crippen LogP contribution in [0, 0.1) is 24.0 Å². The van der Waals surface area contributed by atoms with Gasteiger partial charge in [0.1, 0.15) is 0 Å². The summed E-state index contributed by atoms with van der Waals surface area (Å²) in [5.74, 6) is 0. The first-order valence-corrected chi connectivity index (χ1v) is 7.03. The van der Waals surface area contributed by atoms with Crippen molar-refractivity contribution in [1.29, 1.82) is 0 Å². The van der Waals surface area contributed by atoms with Crippen molar-refractivity contribution in [1.82, 2.24) is 4.72 Å². The molecule has 0 heterocycles. The first-order valence-electron chi connectivity index (χ1n) is 5.55. The molecule has 0 saturated carbocycles. The SMILES string of the molecule is CCCNS(=O)(=O)c1cc(C)c(C)cc1[N+](=O)[O-]. The fourth-order valence-electron chi connectivity index (χ4n) is 1.45. The van der Waals surface area contributed by atoms with E-state index in [4.69, 9.17) is 0 Å². The topological polar surface area (TPSA) is 89.3 Å². The van der Waals surface area contributed by atoms with Crippen LogP contribution in [0.1, 0.15) is 24.5 Å². The van der Waals surface area contributed by atoms with Crippen LogP contribution in [0.15, 0.2) is 17.0 Å². The van der Waals surface area contributed by atoms with Crippen molar-refractivity contribution in [3.05, 3.63) is 33.4 Å². The van der Waals surface area contributed by atoms with Gasteiger partial charge in [-0.25, -0.2) is 13.1 Å². The molecule has 0 unspecified atom stereocenters. The van der Waals surface area contributed by atoms with E-state index in [1.807, 2.05) is 6.92 Å². The Kier molecular flexibility index (Phi) is 4.42. The Hall–Kier alpha value is -1.47. The molecule has 0 fully saturated rings. The second kappa shape index (κ2) is 5.45. The van der Waals surface area contributed by atoms with Crippen molar-refractivity contribution in [3.63, 3.8) is 0 Å². The lowest BCUT2D eigenvalue weighted by Crippen LogP contribution is -2.25. The summed E-state index contributed by atoms with van der Waals surface area (Å²) in [6.45, 7) is 5.50. The maximum atomic E-state index is 12.0. The Morgan fingerprint density at radius 2 is 1.83 bits per heavy atom. The normalized spacial score (nSPS) is 11.5. The molecule has 7 heteroatoms. The van der Waals surface area contributed by atoms with Crippen molar-refractivity contribution in [2.24, 2.45) is 0 Å². The fourth-order valence-corrected chi connectivity index (χ4v) is 2.82. The van der Waals surface area contributed by atoms with Crippen LogP contribution in [0.25, 0.3) is 0 Å². The van der Waals surface area contributed by atoms with E-state index in [1.165, 1.54) is 12.1 Å². The van der Waals surface area contributed by atoms with Gasteiger partial charge in [0.05, 0.1) is 4.92 Å². The predicted molar refractivity (Wildman–Crippen MR) is 68.0 cm³/mol. The van der Waals surface area contributed by atoms with Crippen LogP contribution in [-0.2, 0) is 10.0 Å². The summed E-state index contributed by atoms with van der Waals surface area (Å²) in [5, 5.41) is 10.9. The van der Waals surface area contributed by atoms with E-state index >= 15 is 0 Å². The van der Waals surface area contributed by atoms with Gasteiger partial charge in [-0.05, 0) is 37.5 Å². The first-order chi connectivity index (χ1) is 8.29. The van der Waals surface area contributed by atoms with Gasteiger partial charge in [-0.1, -0.05) is 6.92 Å². The zero-order valence-electron chi connectivity index (χ0n) is 10.6. The molecule has 0 aromatic heterocycles. The predicted octanol–water partition coefficient (Wildman–Crippen LogP) is 1.90. The molecule has 0 aliphatic rings. The molecule has 18 heavy (non-hydrogen) atoms. The average Bonchev–Trinajstić information content (AvgIpc) is 2.29. The van der Waals surface area contributed by atoms with E-state index < -0.39 is 14.9 Å². The van der Waals surface area contributed by atoms with Crippen molar-refractivity contribution < 1.29 is 13.3 Å². The number of benzene rings is 1. The molecule has 1 aromatic carbocycles. The van der Waals surface area contributed by atoms with Crippen LogP contribution in [0.3, 0.4) is 0 Å². The van der Waals surface area contributed by atoms with Crippen LogP contribution >= 0.6 is 0 Å². The number of rotatable bonds is 5. The minimum absolute atomic E-state index is 0.256. The Labute approximate surface area is 106 Å². The van der Waals surface area contributed by atoms with E-state index in [-0.39, 0.29) is 17.1 Å². The molecule has 1 rings (SSSR count). The van der Waals surface area contributed by atoms with Crippen LogP contribution in [0.4, 0.5) is 5.69 Å². The molecule has 1 N–H and O–H groups in total. The van der Waals surface area contributed by atoms with Crippen LogP contribution < -0.4 is 4.72 Å². The second-order valence-electron chi connectivity index (χ2n) is 4.06. The summed E-state index contributed by atoms with van der Waals surface area (Å²) in [6.07, 6.45) is 0.623. The smallest absolute Gasteiger partial charge is 0.258 e. The Morgan fingerprint density at radius 1 is 1.28 bits per heavy atom. The van der Waals surface area contributed by atoms with Gasteiger partial charge in [0.15, 0.2) is 4.90 Å². The summed E-state index contributed by atoms with van der Waals surface area (Å²) >= 11 is 0. The van der Waals surface area contributed by atoms with Gasteiger partial charge in [0.2, 0.25) is 10.0 Å². The summed E-state index contributed by atoms with van der Waals surface area (Å²) in [4.78, 5) is 9.97. The molecule has 6 nitrogen and oxygen atoms in total. The number of nitro benzene ring substituents is 1. The molecule has 0 bridgehead atoms. The minimum atomic E-state index is -3.83. The van der Waals surface area contributed by atoms with Gasteiger partial charge in [-0.3, -0.25) is 10.1 Å². The van der Waals surface area contributed by atoms with Gasteiger partial charge in [-0.15, -0.1) is 0 Å². The number of nitrogens with zero attached hydrogens (tertiary/aromatic N) is 1. The van der Waals surface area contributed by atoms with Gasteiger partial charge in [-0.2, -0.15) is 0 Å². The zero-order chi connectivity index (χ0) is 13.9. The number of aryl methyl sites for hydroxylation is 2. The molecule has 100 valence electrons. The molecule has 0 spiro atoms. The number of nitro groups is 1. The first kappa shape index (κ1) is 14.6. The average molecular weight is 272 g/mol. The van der Waals surface area contributed by atoms with E-state index in [2.05, 4.69) is 4.72 Å². The van der Waals surface area contributed by atoms with E-state index in [1.54, 1.807) is 13.8 Å². The lowest BCUT2D eigenvalue weighted by atomic mass is 10.1. The minimum Gasteiger partial charge on any atom is -0.258 e. The standard InChI is InChI=1S/C11H16N2O4S/c1-4-5-12-18(16,17)11-7-9(3)8(2)6-10(11)13(14)15/h6-7,12H,4-5H2,1-3H3. The lowest BCUT2D eigenvalue weighted by Gasteiger charge is -2.08. The molecule has 0 aliphatic heterocycles. The summed E-state index contributed by atoms with van der Waals surface area (Å²) < 4.78 is 26.3. The van der Waals surface area contributed by atoms with Crippen LogP contribution in [-0.4, -0.2) is 19.9 Å². The highest BCUT2D eigenvalue weighted by Crippen LogP contribution is 2.27. The maximum Gasteiger partial charge on any atom is 0.289 e. The highest BCUT2D eigenvalue weighted by Gasteiger charge is 2.26. The number of nitrogens with one attached hydrogen (secondary N) is 1. The van der Waals surface area contributed by atoms with Gasteiger partial charge < -0.3 is 0 Å². The molecule has 0 atom stereocenters. The molecular formula is C11H16N2O4S. The van der Waals surface area contributed by atoms with Gasteiger partial charge >= 0.3 is 0 Å². The number of hydrogen-bond donors (Lipinski definition) is 1.